The number of hydrogen-bond acceptors (Lipinski definition) is 2. The van der Waals surface area contributed by atoms with Crippen LogP contribution in [0.4, 0.5) is 0 Å². The van der Waals surface area contributed by atoms with E-state index in [2.05, 4.69) is 17.0 Å². The second-order valence-electron chi connectivity index (χ2n) is 4.60. The van der Waals surface area contributed by atoms with E-state index >= 15 is 0 Å². The van der Waals surface area contributed by atoms with Gasteiger partial charge in [-0.2, -0.15) is 0 Å². The molecule has 15 heavy (non-hydrogen) atoms. The van der Waals surface area contributed by atoms with Crippen LogP contribution in [-0.2, 0) is 17.6 Å². The normalized spacial score (nSPS) is 17.9. The fraction of sp³-hybridized carbons (Fsp3) is 0.462. The van der Waals surface area contributed by atoms with Gasteiger partial charge in [0.1, 0.15) is 0 Å². The second kappa shape index (κ2) is 3.46. The van der Waals surface area contributed by atoms with Gasteiger partial charge in [0, 0.05) is 0 Å². The van der Waals surface area contributed by atoms with Crippen molar-refractivity contribution in [3.63, 3.8) is 0 Å². The van der Waals surface area contributed by atoms with Crippen molar-refractivity contribution in [2.75, 3.05) is 14.1 Å². The van der Waals surface area contributed by atoms with Crippen LogP contribution in [0, 0.1) is 0 Å². The number of carbonyl (C=O) groups excluding carboxylic acids is 1. The van der Waals surface area contributed by atoms with Gasteiger partial charge in [-0.05, 0) is 45.0 Å². The third-order valence-corrected chi connectivity index (χ3v) is 3.60. The van der Waals surface area contributed by atoms with E-state index in [1.807, 2.05) is 26.2 Å². The third kappa shape index (κ3) is 1.49. The van der Waals surface area contributed by atoms with Crippen LogP contribution in [0.15, 0.2) is 24.3 Å². The largest absolute Gasteiger partial charge is 0.298 e. The van der Waals surface area contributed by atoms with E-state index in [4.69, 9.17) is 0 Å². The summed E-state index contributed by atoms with van der Waals surface area (Å²) < 4.78 is 0. The Hall–Kier alpha value is -1.15. The molecule has 2 heteroatoms. The Balaban J connectivity index is 2.41. The van der Waals surface area contributed by atoms with Crippen molar-refractivity contribution >= 4 is 5.78 Å². The maximum Gasteiger partial charge on any atom is 0.150 e. The van der Waals surface area contributed by atoms with Crippen LogP contribution in [0.25, 0.3) is 0 Å². The molecule has 0 radical (unpaired) electrons. The lowest BCUT2D eigenvalue weighted by Crippen LogP contribution is -2.51. The molecule has 0 bridgehead atoms. The minimum atomic E-state index is -0.302. The molecule has 0 atom stereocenters. The Bertz CT molecular complexity index is 370. The van der Waals surface area contributed by atoms with Crippen molar-refractivity contribution in [1.82, 2.24) is 4.90 Å². The molecule has 0 aromatic heterocycles. The number of ketones is 1. The van der Waals surface area contributed by atoms with Crippen LogP contribution < -0.4 is 0 Å². The number of hydrogen-bond donors (Lipinski definition) is 0. The van der Waals surface area contributed by atoms with Gasteiger partial charge >= 0.3 is 0 Å². The van der Waals surface area contributed by atoms with Gasteiger partial charge in [-0.15, -0.1) is 0 Å². The molecule has 0 heterocycles. The molecular weight excluding hydrogens is 186 g/mol. The maximum atomic E-state index is 11.8. The monoisotopic (exact) mass is 203 g/mol. The summed E-state index contributed by atoms with van der Waals surface area (Å²) in [5.74, 6) is 0.267. The van der Waals surface area contributed by atoms with E-state index in [9.17, 15) is 4.79 Å². The average Bonchev–Trinajstić information content (AvgIpc) is 2.57. The van der Waals surface area contributed by atoms with Crippen LogP contribution in [0.5, 0.6) is 0 Å². The van der Waals surface area contributed by atoms with E-state index in [1.54, 1.807) is 6.92 Å². The van der Waals surface area contributed by atoms with Crippen LogP contribution in [0.1, 0.15) is 18.1 Å². The van der Waals surface area contributed by atoms with E-state index in [0.29, 0.717) is 0 Å². The van der Waals surface area contributed by atoms with Crippen molar-refractivity contribution in [1.29, 1.82) is 0 Å². The molecule has 0 saturated carbocycles. The summed E-state index contributed by atoms with van der Waals surface area (Å²) in [6.07, 6.45) is 1.71. The fourth-order valence-corrected chi connectivity index (χ4v) is 2.48. The summed E-state index contributed by atoms with van der Waals surface area (Å²) in [5.41, 5.74) is 2.34. The summed E-state index contributed by atoms with van der Waals surface area (Å²) >= 11 is 0. The zero-order chi connectivity index (χ0) is 11.1. The zero-order valence-corrected chi connectivity index (χ0v) is 9.58. The number of fused-ring (bicyclic) bond motifs is 1. The summed E-state index contributed by atoms with van der Waals surface area (Å²) in [6, 6.07) is 8.35. The van der Waals surface area contributed by atoms with Gasteiger partial charge in [0.15, 0.2) is 5.78 Å². The number of carbonyl (C=O) groups is 1. The van der Waals surface area contributed by atoms with Crippen LogP contribution >= 0.6 is 0 Å². The maximum absolute atomic E-state index is 11.8. The fourth-order valence-electron chi connectivity index (χ4n) is 2.48. The molecular formula is C13H17NO. The Morgan fingerprint density at radius 1 is 1.20 bits per heavy atom. The van der Waals surface area contributed by atoms with Gasteiger partial charge in [-0.3, -0.25) is 9.69 Å². The van der Waals surface area contributed by atoms with Gasteiger partial charge < -0.3 is 0 Å². The zero-order valence-electron chi connectivity index (χ0n) is 9.58. The van der Waals surface area contributed by atoms with Gasteiger partial charge in [0.25, 0.3) is 0 Å². The quantitative estimate of drug-likeness (QED) is 0.729. The predicted octanol–water partition coefficient (Wildman–Crippen LogP) is 1.67. The molecule has 2 rings (SSSR count). The highest BCUT2D eigenvalue weighted by Gasteiger charge is 2.42. The highest BCUT2D eigenvalue weighted by molar-refractivity contribution is 5.88. The first-order valence-corrected chi connectivity index (χ1v) is 5.31. The standard InChI is InChI=1S/C13H17NO/c1-10(15)13(14(2)3)8-11-6-4-5-7-12(11)9-13/h4-7H,8-9H2,1-3H3. The van der Waals surface area contributed by atoms with E-state index in [1.165, 1.54) is 11.1 Å². The number of likely N-dealkylation sites (N-methyl/N-ethyl adjacent to an activating group) is 1. The Morgan fingerprint density at radius 3 is 2.00 bits per heavy atom. The molecule has 1 aliphatic rings. The van der Waals surface area contributed by atoms with Gasteiger partial charge in [-0.1, -0.05) is 24.3 Å². The van der Waals surface area contributed by atoms with Crippen molar-refractivity contribution in [3.05, 3.63) is 35.4 Å². The Kier molecular flexibility index (Phi) is 2.39. The lowest BCUT2D eigenvalue weighted by Gasteiger charge is -2.33. The van der Waals surface area contributed by atoms with Crippen LogP contribution in [0.3, 0.4) is 0 Å². The molecule has 0 spiro atoms. The van der Waals surface area contributed by atoms with Gasteiger partial charge in [0.05, 0.1) is 5.54 Å². The molecule has 1 aromatic rings. The molecule has 1 aromatic carbocycles. The summed E-state index contributed by atoms with van der Waals surface area (Å²) in [5, 5.41) is 0. The highest BCUT2D eigenvalue weighted by atomic mass is 16.1. The summed E-state index contributed by atoms with van der Waals surface area (Å²) in [7, 11) is 3.99. The molecule has 0 unspecified atom stereocenters. The van der Waals surface area contributed by atoms with Crippen molar-refractivity contribution in [2.24, 2.45) is 0 Å². The van der Waals surface area contributed by atoms with E-state index < -0.39 is 0 Å². The van der Waals surface area contributed by atoms with Crippen LogP contribution in [0.2, 0.25) is 0 Å². The summed E-state index contributed by atoms with van der Waals surface area (Å²) in [6.45, 7) is 1.70. The highest BCUT2D eigenvalue weighted by Crippen LogP contribution is 2.33. The van der Waals surface area contributed by atoms with Crippen LogP contribution in [-0.4, -0.2) is 30.3 Å². The molecule has 0 N–H and O–H groups in total. The lowest BCUT2D eigenvalue weighted by molar-refractivity contribution is -0.127. The molecule has 0 aliphatic heterocycles. The number of rotatable bonds is 2. The Morgan fingerprint density at radius 2 is 1.67 bits per heavy atom. The SMILES string of the molecule is CC(=O)C1(N(C)C)Cc2ccccc2C1. The molecule has 0 fully saturated rings. The first-order valence-electron chi connectivity index (χ1n) is 5.31. The van der Waals surface area contributed by atoms with Crippen molar-refractivity contribution in [3.8, 4) is 0 Å². The third-order valence-electron chi connectivity index (χ3n) is 3.60. The Labute approximate surface area is 90.9 Å². The number of benzene rings is 1. The number of Topliss-reactive ketones (excluding diaryl/α,β-unsaturated/α-hetero) is 1. The topological polar surface area (TPSA) is 20.3 Å². The molecule has 0 saturated heterocycles. The minimum Gasteiger partial charge on any atom is -0.298 e. The lowest BCUT2D eigenvalue weighted by atomic mass is 9.90. The molecule has 1 aliphatic carbocycles. The minimum absolute atomic E-state index is 0.267. The van der Waals surface area contributed by atoms with E-state index in [0.717, 1.165) is 12.8 Å². The first kappa shape index (κ1) is 10.4. The first-order chi connectivity index (χ1) is 7.06. The van der Waals surface area contributed by atoms with Crippen molar-refractivity contribution < 1.29 is 4.79 Å². The predicted molar refractivity (Wildman–Crippen MR) is 60.9 cm³/mol. The van der Waals surface area contributed by atoms with E-state index in [-0.39, 0.29) is 11.3 Å². The molecule has 2 nitrogen and oxygen atoms in total. The number of nitrogens with zero attached hydrogens (tertiary/aromatic N) is 1. The average molecular weight is 203 g/mol. The van der Waals surface area contributed by atoms with Gasteiger partial charge in [0.2, 0.25) is 0 Å². The van der Waals surface area contributed by atoms with Crippen molar-refractivity contribution in [2.45, 2.75) is 25.3 Å². The second-order valence-corrected chi connectivity index (χ2v) is 4.60. The smallest absolute Gasteiger partial charge is 0.150 e. The molecule has 0 amide bonds. The van der Waals surface area contributed by atoms with Gasteiger partial charge in [-0.25, -0.2) is 0 Å². The summed E-state index contributed by atoms with van der Waals surface area (Å²) in [4.78, 5) is 13.9. The molecule has 80 valence electrons.